The number of hydrogen-bond acceptors (Lipinski definition) is 4. The Kier molecular flexibility index (Phi) is 3.54. The number of anilines is 1. The zero-order valence-electron chi connectivity index (χ0n) is 9.88. The number of aldehydes is 1. The summed E-state index contributed by atoms with van der Waals surface area (Å²) in [7, 11) is 1.98. The molecule has 0 N–H and O–H groups in total. The van der Waals surface area contributed by atoms with Gasteiger partial charge in [-0.2, -0.15) is 0 Å². The number of carbonyl (C=O) groups excluding carboxylic acids is 1. The fourth-order valence-electron chi connectivity index (χ4n) is 1.66. The quantitative estimate of drug-likeness (QED) is 0.778. The highest BCUT2D eigenvalue weighted by atomic mass is 32.1. The van der Waals surface area contributed by atoms with E-state index in [9.17, 15) is 4.79 Å². The normalized spacial score (nSPS) is 10.2. The van der Waals surface area contributed by atoms with Crippen molar-refractivity contribution >= 4 is 22.8 Å². The number of benzene rings is 1. The second-order valence-electron chi connectivity index (χ2n) is 4.01. The van der Waals surface area contributed by atoms with Crippen molar-refractivity contribution in [2.45, 2.75) is 13.5 Å². The number of rotatable bonds is 4. The van der Waals surface area contributed by atoms with E-state index in [2.05, 4.69) is 36.2 Å². The van der Waals surface area contributed by atoms with Gasteiger partial charge in [-0.3, -0.25) is 4.79 Å². The van der Waals surface area contributed by atoms with Crippen molar-refractivity contribution in [1.82, 2.24) is 4.98 Å². The number of aromatic nitrogens is 1. The number of thiazole rings is 1. The molecule has 0 radical (unpaired) electrons. The van der Waals surface area contributed by atoms with Gasteiger partial charge in [0.2, 0.25) is 0 Å². The van der Waals surface area contributed by atoms with Crippen molar-refractivity contribution in [3.8, 4) is 0 Å². The first-order valence-corrected chi connectivity index (χ1v) is 6.18. The predicted molar refractivity (Wildman–Crippen MR) is 70.8 cm³/mol. The van der Waals surface area contributed by atoms with Gasteiger partial charge in [-0.1, -0.05) is 41.2 Å². The Morgan fingerprint density at radius 2 is 2.29 bits per heavy atom. The third-order valence-corrected chi connectivity index (χ3v) is 3.49. The second-order valence-corrected chi connectivity index (χ2v) is 5.05. The molecule has 0 fully saturated rings. The Morgan fingerprint density at radius 3 is 2.94 bits per heavy atom. The van der Waals surface area contributed by atoms with E-state index in [0.29, 0.717) is 4.88 Å². The van der Waals surface area contributed by atoms with Gasteiger partial charge < -0.3 is 4.90 Å². The average molecular weight is 246 g/mol. The third-order valence-electron chi connectivity index (χ3n) is 2.46. The van der Waals surface area contributed by atoms with Crippen molar-refractivity contribution in [2.24, 2.45) is 0 Å². The lowest BCUT2D eigenvalue weighted by Gasteiger charge is -2.15. The van der Waals surface area contributed by atoms with E-state index in [1.54, 1.807) is 6.20 Å². The molecule has 0 aliphatic carbocycles. The summed E-state index contributed by atoms with van der Waals surface area (Å²) in [6, 6.07) is 8.39. The summed E-state index contributed by atoms with van der Waals surface area (Å²) in [5, 5.41) is 0.869. The highest BCUT2D eigenvalue weighted by molar-refractivity contribution is 7.17. The van der Waals surface area contributed by atoms with E-state index in [1.165, 1.54) is 22.5 Å². The number of aryl methyl sites for hydroxylation is 1. The molecule has 1 aromatic heterocycles. The van der Waals surface area contributed by atoms with Crippen LogP contribution in [0.4, 0.5) is 5.13 Å². The van der Waals surface area contributed by atoms with E-state index in [1.807, 2.05) is 11.9 Å². The van der Waals surface area contributed by atoms with Crippen molar-refractivity contribution in [3.05, 3.63) is 46.5 Å². The first kappa shape index (κ1) is 11.8. The summed E-state index contributed by atoms with van der Waals surface area (Å²) in [5.74, 6) is 0. The van der Waals surface area contributed by atoms with Crippen molar-refractivity contribution < 1.29 is 4.79 Å². The van der Waals surface area contributed by atoms with Crippen LogP contribution in [0.5, 0.6) is 0 Å². The molecule has 0 spiro atoms. The highest BCUT2D eigenvalue weighted by Gasteiger charge is 2.07. The lowest BCUT2D eigenvalue weighted by molar-refractivity contribution is 0.112. The zero-order chi connectivity index (χ0) is 12.3. The minimum atomic E-state index is 0.663. The molecule has 0 unspecified atom stereocenters. The molecule has 0 saturated carbocycles. The Bertz CT molecular complexity index is 522. The van der Waals surface area contributed by atoms with Crippen LogP contribution in [0.2, 0.25) is 0 Å². The second kappa shape index (κ2) is 5.10. The van der Waals surface area contributed by atoms with Gasteiger partial charge in [-0.25, -0.2) is 4.98 Å². The molecule has 0 atom stereocenters. The van der Waals surface area contributed by atoms with Crippen LogP contribution in [-0.4, -0.2) is 18.3 Å². The minimum absolute atomic E-state index is 0.663. The molecule has 4 heteroatoms. The largest absolute Gasteiger partial charge is 0.347 e. The van der Waals surface area contributed by atoms with Crippen LogP contribution >= 0.6 is 11.3 Å². The summed E-state index contributed by atoms with van der Waals surface area (Å²) >= 11 is 1.41. The molecule has 1 aromatic carbocycles. The number of carbonyl (C=O) groups is 1. The van der Waals surface area contributed by atoms with Crippen molar-refractivity contribution in [1.29, 1.82) is 0 Å². The van der Waals surface area contributed by atoms with Gasteiger partial charge in [0.15, 0.2) is 11.4 Å². The molecule has 0 aliphatic heterocycles. The van der Waals surface area contributed by atoms with Crippen LogP contribution in [-0.2, 0) is 6.54 Å². The summed E-state index contributed by atoms with van der Waals surface area (Å²) < 4.78 is 0. The van der Waals surface area contributed by atoms with Crippen LogP contribution < -0.4 is 4.90 Å². The topological polar surface area (TPSA) is 33.2 Å². The molecule has 2 rings (SSSR count). The Hall–Kier alpha value is -1.68. The first-order valence-electron chi connectivity index (χ1n) is 5.37. The maximum atomic E-state index is 10.6. The summed E-state index contributed by atoms with van der Waals surface area (Å²) in [6.45, 7) is 2.88. The minimum Gasteiger partial charge on any atom is -0.347 e. The Morgan fingerprint density at radius 1 is 1.47 bits per heavy atom. The molecule has 88 valence electrons. The van der Waals surface area contributed by atoms with E-state index in [-0.39, 0.29) is 0 Å². The van der Waals surface area contributed by atoms with Crippen molar-refractivity contribution in [3.63, 3.8) is 0 Å². The summed E-state index contributed by atoms with van der Waals surface area (Å²) in [4.78, 5) is 17.5. The number of nitrogens with zero attached hydrogens (tertiary/aromatic N) is 2. The molecule has 3 nitrogen and oxygen atoms in total. The van der Waals surface area contributed by atoms with Gasteiger partial charge in [-0.05, 0) is 12.5 Å². The van der Waals surface area contributed by atoms with Crippen molar-refractivity contribution in [2.75, 3.05) is 11.9 Å². The molecule has 0 aliphatic rings. The average Bonchev–Trinajstić information content (AvgIpc) is 2.77. The van der Waals surface area contributed by atoms with Crippen LogP contribution in [0.15, 0.2) is 30.5 Å². The van der Waals surface area contributed by atoms with Gasteiger partial charge >= 0.3 is 0 Å². The maximum absolute atomic E-state index is 10.6. The van der Waals surface area contributed by atoms with E-state index >= 15 is 0 Å². The SMILES string of the molecule is Cc1cccc(CN(C)c2ncc(C=O)s2)c1. The molecule has 17 heavy (non-hydrogen) atoms. The standard InChI is InChI=1S/C13H14N2OS/c1-10-4-3-5-11(6-10)8-15(2)13-14-7-12(9-16)17-13/h3-7,9H,8H2,1-2H3. The molecule has 0 amide bonds. The number of hydrogen-bond donors (Lipinski definition) is 0. The molecule has 0 bridgehead atoms. The predicted octanol–water partition coefficient (Wildman–Crippen LogP) is 2.90. The monoisotopic (exact) mass is 246 g/mol. The Balaban J connectivity index is 2.10. The lowest BCUT2D eigenvalue weighted by Crippen LogP contribution is -2.15. The fourth-order valence-corrected chi connectivity index (χ4v) is 2.35. The molecule has 2 aromatic rings. The Labute approximate surface area is 105 Å². The van der Waals surface area contributed by atoms with Crippen LogP contribution in [0.25, 0.3) is 0 Å². The molecular formula is C13H14N2OS. The molecule has 0 saturated heterocycles. The molecule has 1 heterocycles. The first-order chi connectivity index (χ1) is 8.19. The van der Waals surface area contributed by atoms with Gasteiger partial charge in [0.05, 0.1) is 11.1 Å². The van der Waals surface area contributed by atoms with E-state index in [0.717, 1.165) is 18.0 Å². The van der Waals surface area contributed by atoms with Crippen LogP contribution in [0, 0.1) is 6.92 Å². The molecular weight excluding hydrogens is 232 g/mol. The van der Waals surface area contributed by atoms with Gasteiger partial charge in [0.25, 0.3) is 0 Å². The third kappa shape index (κ3) is 2.91. The summed E-state index contributed by atoms with van der Waals surface area (Å²) in [5.41, 5.74) is 2.50. The fraction of sp³-hybridized carbons (Fsp3) is 0.231. The lowest BCUT2D eigenvalue weighted by atomic mass is 10.1. The van der Waals surface area contributed by atoms with E-state index in [4.69, 9.17) is 0 Å². The van der Waals surface area contributed by atoms with Gasteiger partial charge in [0.1, 0.15) is 0 Å². The van der Waals surface area contributed by atoms with Gasteiger partial charge in [0, 0.05) is 13.6 Å². The highest BCUT2D eigenvalue weighted by Crippen LogP contribution is 2.21. The van der Waals surface area contributed by atoms with Gasteiger partial charge in [-0.15, -0.1) is 0 Å². The van der Waals surface area contributed by atoms with Crippen LogP contribution in [0.1, 0.15) is 20.8 Å². The van der Waals surface area contributed by atoms with Crippen LogP contribution in [0.3, 0.4) is 0 Å². The maximum Gasteiger partial charge on any atom is 0.185 e. The zero-order valence-corrected chi connectivity index (χ0v) is 10.7. The summed E-state index contributed by atoms with van der Waals surface area (Å²) in [6.07, 6.45) is 2.45. The van der Waals surface area contributed by atoms with E-state index < -0.39 is 0 Å². The smallest absolute Gasteiger partial charge is 0.185 e.